The Morgan fingerprint density at radius 2 is 1.62 bits per heavy atom. The third kappa shape index (κ3) is 5.53. The van der Waals surface area contributed by atoms with Crippen LogP contribution in [0.25, 0.3) is 0 Å². The van der Waals surface area contributed by atoms with Gasteiger partial charge in [0.2, 0.25) is 11.8 Å². The van der Waals surface area contributed by atoms with Crippen LogP contribution in [0.3, 0.4) is 0 Å². The van der Waals surface area contributed by atoms with Gasteiger partial charge < -0.3 is 9.80 Å². The van der Waals surface area contributed by atoms with E-state index in [1.165, 1.54) is 24.0 Å². The van der Waals surface area contributed by atoms with Crippen LogP contribution in [0.2, 0.25) is 0 Å². The van der Waals surface area contributed by atoms with Gasteiger partial charge in [-0.1, -0.05) is 12.1 Å². The smallest absolute Gasteiger partial charge is 0.242 e. The van der Waals surface area contributed by atoms with E-state index in [1.54, 1.807) is 17.0 Å². The molecule has 0 aromatic heterocycles. The van der Waals surface area contributed by atoms with Gasteiger partial charge in [-0.25, -0.2) is 4.39 Å². The number of carbonyl (C=O) groups excluding carboxylic acids is 2. The summed E-state index contributed by atoms with van der Waals surface area (Å²) in [6.45, 7) is 7.11. The molecule has 0 radical (unpaired) electrons. The topological polar surface area (TPSA) is 40.6 Å². The largest absolute Gasteiger partial charge is 0.342 e. The van der Waals surface area contributed by atoms with Crippen LogP contribution in [0.1, 0.15) is 26.3 Å². The fraction of sp³-hybridized carbons (Fsp3) is 0.500. The predicted octanol–water partition coefficient (Wildman–Crippen LogP) is 2.09. The Bertz CT molecular complexity index is 470. The summed E-state index contributed by atoms with van der Waals surface area (Å²) in [5.74, 6) is -0.453. The maximum absolute atomic E-state index is 12.8. The highest BCUT2D eigenvalue weighted by Gasteiger charge is 2.17. The molecule has 0 heterocycles. The predicted molar refractivity (Wildman–Crippen MR) is 80.3 cm³/mol. The van der Waals surface area contributed by atoms with Crippen LogP contribution >= 0.6 is 0 Å². The van der Waals surface area contributed by atoms with Gasteiger partial charge in [0, 0.05) is 26.6 Å². The number of benzene rings is 1. The van der Waals surface area contributed by atoms with Crippen LogP contribution < -0.4 is 0 Å². The normalized spacial score (nSPS) is 10.3. The quantitative estimate of drug-likeness (QED) is 0.772. The molecule has 1 aromatic rings. The van der Waals surface area contributed by atoms with E-state index >= 15 is 0 Å². The molecule has 0 spiro atoms. The zero-order chi connectivity index (χ0) is 15.8. The minimum atomic E-state index is -0.279. The van der Waals surface area contributed by atoms with E-state index in [9.17, 15) is 14.0 Å². The highest BCUT2D eigenvalue weighted by molar-refractivity contribution is 5.83. The number of amides is 2. The van der Waals surface area contributed by atoms with Crippen molar-refractivity contribution in [2.45, 2.75) is 27.2 Å². The van der Waals surface area contributed by atoms with Crippen molar-refractivity contribution < 1.29 is 14.0 Å². The highest BCUT2D eigenvalue weighted by Crippen LogP contribution is 2.05. The van der Waals surface area contributed by atoms with Gasteiger partial charge in [0.15, 0.2) is 0 Å². The molecule has 0 atom stereocenters. The average Bonchev–Trinajstić information content (AvgIpc) is 2.46. The molecular weight excluding hydrogens is 271 g/mol. The maximum atomic E-state index is 12.8. The van der Waals surface area contributed by atoms with Crippen molar-refractivity contribution in [1.82, 2.24) is 9.80 Å². The van der Waals surface area contributed by atoms with E-state index < -0.39 is 0 Å². The van der Waals surface area contributed by atoms with Crippen LogP contribution in [-0.2, 0) is 16.0 Å². The van der Waals surface area contributed by atoms with E-state index in [0.717, 1.165) is 5.56 Å². The molecule has 2 amide bonds. The summed E-state index contributed by atoms with van der Waals surface area (Å²) in [7, 11) is 0. The summed E-state index contributed by atoms with van der Waals surface area (Å²) in [6.07, 6.45) is 0.603. The van der Waals surface area contributed by atoms with E-state index in [1.807, 2.05) is 13.8 Å². The minimum absolute atomic E-state index is 0.0469. The second-order valence-corrected chi connectivity index (χ2v) is 4.88. The first-order valence-electron chi connectivity index (χ1n) is 7.25. The van der Waals surface area contributed by atoms with Gasteiger partial charge in [-0.15, -0.1) is 0 Å². The number of likely N-dealkylation sites (N-methyl/N-ethyl adjacent to an activating group) is 1. The standard InChI is InChI=1S/C16H23FN2O2/c1-4-18(5-2)16(21)12-19(13(3)20)11-10-14-6-8-15(17)9-7-14/h6-9H,4-5,10-12H2,1-3H3. The van der Waals surface area contributed by atoms with Gasteiger partial charge in [-0.2, -0.15) is 0 Å². The summed E-state index contributed by atoms with van der Waals surface area (Å²) >= 11 is 0. The SMILES string of the molecule is CCN(CC)C(=O)CN(CCc1ccc(F)cc1)C(C)=O. The van der Waals surface area contributed by atoms with Gasteiger partial charge in [0.25, 0.3) is 0 Å². The lowest BCUT2D eigenvalue weighted by atomic mass is 10.1. The van der Waals surface area contributed by atoms with Crippen LogP contribution in [0.4, 0.5) is 4.39 Å². The Labute approximate surface area is 125 Å². The van der Waals surface area contributed by atoms with Gasteiger partial charge in [-0.05, 0) is 38.0 Å². The number of carbonyl (C=O) groups is 2. The third-order valence-corrected chi connectivity index (χ3v) is 3.47. The molecule has 116 valence electrons. The zero-order valence-corrected chi connectivity index (χ0v) is 12.9. The molecule has 0 unspecified atom stereocenters. The van der Waals surface area contributed by atoms with E-state index in [2.05, 4.69) is 0 Å². The Kier molecular flexibility index (Phi) is 6.85. The van der Waals surface area contributed by atoms with Gasteiger partial charge in [0.1, 0.15) is 5.82 Å². The Balaban J connectivity index is 2.59. The number of nitrogens with zero attached hydrogens (tertiary/aromatic N) is 2. The number of hydrogen-bond donors (Lipinski definition) is 0. The van der Waals surface area contributed by atoms with Crippen LogP contribution in [0, 0.1) is 5.82 Å². The molecule has 0 fully saturated rings. The number of hydrogen-bond acceptors (Lipinski definition) is 2. The van der Waals surface area contributed by atoms with Crippen molar-refractivity contribution in [3.63, 3.8) is 0 Å². The fourth-order valence-electron chi connectivity index (χ4n) is 2.10. The van der Waals surface area contributed by atoms with Crippen molar-refractivity contribution in [3.8, 4) is 0 Å². The van der Waals surface area contributed by atoms with Gasteiger partial charge in [-0.3, -0.25) is 9.59 Å². The first kappa shape index (κ1) is 17.1. The first-order valence-corrected chi connectivity index (χ1v) is 7.25. The monoisotopic (exact) mass is 294 g/mol. The van der Waals surface area contributed by atoms with Gasteiger partial charge in [0.05, 0.1) is 6.54 Å². The van der Waals surface area contributed by atoms with Crippen LogP contribution in [0.5, 0.6) is 0 Å². The Morgan fingerprint density at radius 3 is 2.10 bits per heavy atom. The maximum Gasteiger partial charge on any atom is 0.242 e. The fourth-order valence-corrected chi connectivity index (χ4v) is 2.10. The second kappa shape index (κ2) is 8.39. The van der Waals surface area contributed by atoms with Crippen LogP contribution in [0.15, 0.2) is 24.3 Å². The molecule has 0 aliphatic heterocycles. The third-order valence-electron chi connectivity index (χ3n) is 3.47. The molecule has 0 N–H and O–H groups in total. The zero-order valence-electron chi connectivity index (χ0n) is 12.9. The molecule has 0 bridgehead atoms. The van der Waals surface area contributed by atoms with Crippen molar-refractivity contribution in [3.05, 3.63) is 35.6 Å². The number of halogens is 1. The Morgan fingerprint density at radius 1 is 1.05 bits per heavy atom. The average molecular weight is 294 g/mol. The van der Waals surface area contributed by atoms with Crippen molar-refractivity contribution in [2.24, 2.45) is 0 Å². The van der Waals surface area contributed by atoms with Crippen molar-refractivity contribution in [2.75, 3.05) is 26.2 Å². The molecule has 0 saturated carbocycles. The minimum Gasteiger partial charge on any atom is -0.342 e. The molecule has 1 aromatic carbocycles. The molecule has 0 saturated heterocycles. The van der Waals surface area contributed by atoms with E-state index in [0.29, 0.717) is 26.1 Å². The summed E-state index contributed by atoms with van der Waals surface area (Å²) in [5.41, 5.74) is 0.943. The molecule has 0 aliphatic carbocycles. The lowest BCUT2D eigenvalue weighted by Crippen LogP contribution is -2.42. The lowest BCUT2D eigenvalue weighted by Gasteiger charge is -2.25. The van der Waals surface area contributed by atoms with Crippen molar-refractivity contribution in [1.29, 1.82) is 0 Å². The number of rotatable bonds is 7. The highest BCUT2D eigenvalue weighted by atomic mass is 19.1. The second-order valence-electron chi connectivity index (χ2n) is 4.88. The van der Waals surface area contributed by atoms with Crippen LogP contribution in [-0.4, -0.2) is 47.8 Å². The Hall–Kier alpha value is -1.91. The van der Waals surface area contributed by atoms with Gasteiger partial charge >= 0.3 is 0 Å². The summed E-state index contributed by atoms with van der Waals surface area (Å²) < 4.78 is 12.8. The molecule has 21 heavy (non-hydrogen) atoms. The molecular formula is C16H23FN2O2. The van der Waals surface area contributed by atoms with Crippen molar-refractivity contribution >= 4 is 11.8 Å². The molecule has 5 heteroatoms. The molecule has 1 rings (SSSR count). The summed E-state index contributed by atoms with van der Waals surface area (Å²) in [6, 6.07) is 6.18. The van der Waals surface area contributed by atoms with E-state index in [-0.39, 0.29) is 24.2 Å². The molecule has 4 nitrogen and oxygen atoms in total. The van der Waals surface area contributed by atoms with E-state index in [4.69, 9.17) is 0 Å². The molecule has 0 aliphatic rings. The summed E-state index contributed by atoms with van der Waals surface area (Å²) in [4.78, 5) is 26.9. The summed E-state index contributed by atoms with van der Waals surface area (Å²) in [5, 5.41) is 0. The lowest BCUT2D eigenvalue weighted by molar-refractivity contribution is -0.139. The first-order chi connectivity index (χ1) is 9.97.